The second-order valence-corrected chi connectivity index (χ2v) is 6.82. The number of fused-ring (bicyclic) bond motifs is 1. The number of ether oxygens (including phenoxy) is 1. The zero-order chi connectivity index (χ0) is 17.5. The normalized spacial score (nSPS) is 18.8. The van der Waals surface area contributed by atoms with E-state index < -0.39 is 39.3 Å². The van der Waals surface area contributed by atoms with Gasteiger partial charge in [0.25, 0.3) is 10.0 Å². The number of carbonyl (C=O) groups excluding carboxylic acids is 2. The van der Waals surface area contributed by atoms with E-state index in [1.54, 1.807) is 0 Å². The third-order valence-corrected chi connectivity index (χ3v) is 5.52. The lowest BCUT2D eigenvalue weighted by Crippen LogP contribution is -2.54. The highest BCUT2D eigenvalue weighted by molar-refractivity contribution is 7.93. The molecule has 1 aliphatic rings. The van der Waals surface area contributed by atoms with Crippen molar-refractivity contribution in [3.05, 3.63) is 59.9 Å². The molecule has 0 bridgehead atoms. The topological polar surface area (TPSA) is 80.8 Å². The molecule has 0 spiro atoms. The minimum Gasteiger partial charge on any atom is -0.467 e. The Balaban J connectivity index is 2.34. The number of rotatable bonds is 2. The number of ketones is 1. The molecule has 124 valence electrons. The highest BCUT2D eigenvalue weighted by Crippen LogP contribution is 2.35. The van der Waals surface area contributed by atoms with Crippen LogP contribution in [0.1, 0.15) is 10.4 Å². The van der Waals surface area contributed by atoms with Crippen molar-refractivity contribution in [2.75, 3.05) is 11.4 Å². The number of hydrogen-bond donors (Lipinski definition) is 0. The van der Waals surface area contributed by atoms with Gasteiger partial charge in [0.1, 0.15) is 5.82 Å². The molecule has 1 unspecified atom stereocenters. The number of Topliss-reactive ketones (excluding diaryl/α,β-unsaturated/α-hetero) is 1. The van der Waals surface area contributed by atoms with E-state index >= 15 is 0 Å². The van der Waals surface area contributed by atoms with Crippen molar-refractivity contribution in [1.82, 2.24) is 0 Å². The molecule has 6 nitrogen and oxygen atoms in total. The predicted octanol–water partition coefficient (Wildman–Crippen LogP) is 1.76. The molecule has 0 aromatic heterocycles. The number of para-hydroxylation sites is 1. The predicted molar refractivity (Wildman–Crippen MR) is 82.6 cm³/mol. The van der Waals surface area contributed by atoms with Crippen LogP contribution in [-0.2, 0) is 19.6 Å². The number of carbonyl (C=O) groups is 2. The molecule has 8 heteroatoms. The first kappa shape index (κ1) is 16.1. The van der Waals surface area contributed by atoms with Crippen LogP contribution in [0.2, 0.25) is 0 Å². The fourth-order valence-electron chi connectivity index (χ4n) is 2.61. The van der Waals surface area contributed by atoms with Crippen LogP contribution >= 0.6 is 0 Å². The number of nitrogens with zero attached hydrogens (tertiary/aromatic N) is 1. The lowest BCUT2D eigenvalue weighted by Gasteiger charge is -2.34. The maximum Gasteiger partial charge on any atom is 0.337 e. The van der Waals surface area contributed by atoms with Crippen molar-refractivity contribution >= 4 is 27.5 Å². The number of anilines is 1. The fraction of sp³-hybridized carbons (Fsp3) is 0.125. The van der Waals surface area contributed by atoms with Crippen LogP contribution in [0.5, 0.6) is 0 Å². The van der Waals surface area contributed by atoms with E-state index in [1.165, 1.54) is 42.5 Å². The Labute approximate surface area is 137 Å². The Morgan fingerprint density at radius 3 is 2.42 bits per heavy atom. The molecule has 0 saturated carbocycles. The summed E-state index contributed by atoms with van der Waals surface area (Å²) in [4.78, 5) is 24.5. The van der Waals surface area contributed by atoms with Crippen molar-refractivity contribution in [2.45, 2.75) is 10.9 Å². The van der Waals surface area contributed by atoms with Gasteiger partial charge < -0.3 is 4.74 Å². The molecule has 24 heavy (non-hydrogen) atoms. The average Bonchev–Trinajstić information content (AvgIpc) is 2.58. The number of benzene rings is 2. The number of methoxy groups -OCH3 is 1. The Kier molecular flexibility index (Phi) is 3.84. The molecule has 0 radical (unpaired) electrons. The first-order valence-corrected chi connectivity index (χ1v) is 8.33. The molecule has 2 aromatic carbocycles. The number of sulfonamides is 1. The van der Waals surface area contributed by atoms with Crippen LogP contribution in [0.3, 0.4) is 0 Å². The SMILES string of the molecule is COC(=O)C1C(=O)c2ccccc2S(=O)(=O)N1c1ccccc1F. The highest BCUT2D eigenvalue weighted by Gasteiger charge is 2.48. The van der Waals surface area contributed by atoms with Gasteiger partial charge in [-0.15, -0.1) is 0 Å². The molecule has 3 rings (SSSR count). The lowest BCUT2D eigenvalue weighted by molar-refractivity contribution is -0.140. The van der Waals surface area contributed by atoms with Gasteiger partial charge in [-0.25, -0.2) is 21.9 Å². The second kappa shape index (κ2) is 5.72. The molecule has 1 atom stereocenters. The van der Waals surface area contributed by atoms with Crippen LogP contribution in [0.25, 0.3) is 0 Å². The molecule has 0 aliphatic carbocycles. The third-order valence-electron chi connectivity index (χ3n) is 3.69. The Bertz CT molecular complexity index is 941. The van der Waals surface area contributed by atoms with Crippen molar-refractivity contribution in [3.8, 4) is 0 Å². The maximum atomic E-state index is 14.2. The van der Waals surface area contributed by atoms with Crippen molar-refractivity contribution in [2.24, 2.45) is 0 Å². The summed E-state index contributed by atoms with van der Waals surface area (Å²) >= 11 is 0. The minimum atomic E-state index is -4.32. The van der Waals surface area contributed by atoms with Gasteiger partial charge in [-0.05, 0) is 24.3 Å². The van der Waals surface area contributed by atoms with Crippen molar-refractivity contribution in [1.29, 1.82) is 0 Å². The van der Waals surface area contributed by atoms with E-state index in [9.17, 15) is 22.4 Å². The number of hydrogen-bond acceptors (Lipinski definition) is 5. The van der Waals surface area contributed by atoms with Crippen LogP contribution in [0.15, 0.2) is 53.4 Å². The van der Waals surface area contributed by atoms with E-state index in [1.807, 2.05) is 0 Å². The monoisotopic (exact) mass is 349 g/mol. The van der Waals surface area contributed by atoms with Gasteiger partial charge in [-0.2, -0.15) is 0 Å². The first-order valence-electron chi connectivity index (χ1n) is 6.89. The number of halogens is 1. The van der Waals surface area contributed by atoms with Gasteiger partial charge in [0.15, 0.2) is 5.78 Å². The largest absolute Gasteiger partial charge is 0.467 e. The molecule has 0 N–H and O–H groups in total. The molecular formula is C16H12FNO5S. The summed E-state index contributed by atoms with van der Waals surface area (Å²) in [5.74, 6) is -2.72. The zero-order valence-corrected chi connectivity index (χ0v) is 13.3. The minimum absolute atomic E-state index is 0.125. The van der Waals surface area contributed by atoms with Crippen molar-refractivity contribution < 1.29 is 27.1 Å². The smallest absolute Gasteiger partial charge is 0.337 e. The summed E-state index contributed by atoms with van der Waals surface area (Å²) < 4.78 is 45.1. The Hall–Kier alpha value is -2.74. The first-order chi connectivity index (χ1) is 11.4. The van der Waals surface area contributed by atoms with Gasteiger partial charge in [0, 0.05) is 5.56 Å². The highest BCUT2D eigenvalue weighted by atomic mass is 32.2. The van der Waals surface area contributed by atoms with Gasteiger partial charge in [-0.1, -0.05) is 24.3 Å². The average molecular weight is 349 g/mol. The molecule has 2 aromatic rings. The summed E-state index contributed by atoms with van der Waals surface area (Å²) in [5.41, 5.74) is -0.517. The van der Waals surface area contributed by atoms with Crippen LogP contribution in [0.4, 0.5) is 10.1 Å². The van der Waals surface area contributed by atoms with E-state index in [2.05, 4.69) is 4.74 Å². The standard InChI is InChI=1S/C16H12FNO5S/c1-23-16(20)14-15(19)10-6-2-5-9-13(10)24(21,22)18(14)12-8-4-3-7-11(12)17/h2-9,14H,1H3. The third kappa shape index (κ3) is 2.26. The fourth-order valence-corrected chi connectivity index (χ4v) is 4.38. The molecule has 1 heterocycles. The second-order valence-electron chi connectivity index (χ2n) is 5.04. The van der Waals surface area contributed by atoms with Gasteiger partial charge in [0.2, 0.25) is 6.04 Å². The van der Waals surface area contributed by atoms with E-state index in [0.29, 0.717) is 4.31 Å². The van der Waals surface area contributed by atoms with E-state index in [-0.39, 0.29) is 10.5 Å². The Morgan fingerprint density at radius 1 is 1.12 bits per heavy atom. The van der Waals surface area contributed by atoms with Crippen LogP contribution in [0, 0.1) is 5.82 Å². The summed E-state index contributed by atoms with van der Waals surface area (Å²) in [7, 11) is -3.29. The molecule has 0 amide bonds. The Morgan fingerprint density at radius 2 is 1.75 bits per heavy atom. The summed E-state index contributed by atoms with van der Waals surface area (Å²) in [6.45, 7) is 0. The van der Waals surface area contributed by atoms with Crippen molar-refractivity contribution in [3.63, 3.8) is 0 Å². The summed E-state index contributed by atoms with van der Waals surface area (Å²) in [6.07, 6.45) is 0. The summed E-state index contributed by atoms with van der Waals surface area (Å²) in [5, 5.41) is 0. The molecular weight excluding hydrogens is 337 g/mol. The van der Waals surface area contributed by atoms with E-state index in [0.717, 1.165) is 13.2 Å². The maximum absolute atomic E-state index is 14.2. The zero-order valence-electron chi connectivity index (χ0n) is 12.5. The van der Waals surface area contributed by atoms with Gasteiger partial charge in [0.05, 0.1) is 17.7 Å². The molecule has 0 fully saturated rings. The molecule has 0 saturated heterocycles. The quantitative estimate of drug-likeness (QED) is 0.610. The van der Waals surface area contributed by atoms with Crippen LogP contribution in [-0.4, -0.2) is 33.3 Å². The lowest BCUT2D eigenvalue weighted by atomic mass is 10.0. The van der Waals surface area contributed by atoms with E-state index in [4.69, 9.17) is 0 Å². The van der Waals surface area contributed by atoms with Gasteiger partial charge >= 0.3 is 5.97 Å². The summed E-state index contributed by atoms with van der Waals surface area (Å²) in [6, 6.07) is 8.68. The molecule has 1 aliphatic heterocycles. The van der Waals surface area contributed by atoms with Gasteiger partial charge in [-0.3, -0.25) is 4.79 Å². The number of esters is 1. The van der Waals surface area contributed by atoms with Crippen LogP contribution < -0.4 is 4.31 Å².